The third-order valence-electron chi connectivity index (χ3n) is 1.57. The van der Waals surface area contributed by atoms with Gasteiger partial charge in [0, 0.05) is 6.54 Å². The number of nitrogens with zero attached hydrogens (tertiary/aromatic N) is 1. The van der Waals surface area contributed by atoms with Gasteiger partial charge in [-0.05, 0) is 11.1 Å². The highest BCUT2D eigenvalue weighted by molar-refractivity contribution is 5.26. The third-order valence-corrected chi connectivity index (χ3v) is 1.57. The Morgan fingerprint density at radius 3 is 2.45 bits per heavy atom. The van der Waals surface area contributed by atoms with E-state index in [0.717, 1.165) is 11.1 Å². The highest BCUT2D eigenvalue weighted by Crippen LogP contribution is 2.08. The van der Waals surface area contributed by atoms with Crippen LogP contribution in [0.25, 0.3) is 0 Å². The van der Waals surface area contributed by atoms with Crippen molar-refractivity contribution in [3.05, 3.63) is 40.3 Å². The number of hydrogen-bond acceptors (Lipinski definition) is 3. The molecule has 0 bridgehead atoms. The Morgan fingerprint density at radius 2 is 1.91 bits per heavy atom. The van der Waals surface area contributed by atoms with E-state index < -0.39 is 0 Å². The molecule has 3 heteroatoms. The Bertz CT molecular complexity index is 248. The molecule has 1 rings (SSSR count). The molecule has 0 aliphatic heterocycles. The molecule has 2 N–H and O–H groups in total. The Hall–Kier alpha value is -1.22. The molecule has 0 atom stereocenters. The zero-order valence-electron chi connectivity index (χ0n) is 6.16. The fourth-order valence-electron chi connectivity index (χ4n) is 0.980. The molecule has 0 saturated heterocycles. The van der Waals surface area contributed by atoms with Gasteiger partial charge in [-0.2, -0.15) is 4.91 Å². The number of nitrogens with two attached hydrogens (primary N) is 1. The van der Waals surface area contributed by atoms with Crippen molar-refractivity contribution in [2.24, 2.45) is 10.9 Å². The molecule has 58 valence electrons. The zero-order valence-corrected chi connectivity index (χ0v) is 6.16. The zero-order chi connectivity index (χ0) is 8.10. The Balaban J connectivity index is 2.92. The number of rotatable bonds is 3. The van der Waals surface area contributed by atoms with Crippen LogP contribution >= 0.6 is 0 Å². The van der Waals surface area contributed by atoms with Gasteiger partial charge in [0.05, 0.1) is 0 Å². The molecule has 3 nitrogen and oxygen atoms in total. The van der Waals surface area contributed by atoms with E-state index in [-0.39, 0.29) is 6.54 Å². The maximum atomic E-state index is 9.95. The second-order valence-electron chi connectivity index (χ2n) is 2.26. The molecule has 11 heavy (non-hydrogen) atoms. The van der Waals surface area contributed by atoms with E-state index in [1.54, 1.807) is 0 Å². The fourth-order valence-corrected chi connectivity index (χ4v) is 0.980. The van der Waals surface area contributed by atoms with E-state index in [1.807, 2.05) is 24.3 Å². The lowest BCUT2D eigenvalue weighted by molar-refractivity contribution is 0.974. The van der Waals surface area contributed by atoms with Crippen LogP contribution in [0.15, 0.2) is 29.4 Å². The van der Waals surface area contributed by atoms with Gasteiger partial charge in [-0.1, -0.05) is 29.4 Å². The van der Waals surface area contributed by atoms with Crippen molar-refractivity contribution in [2.45, 2.75) is 13.1 Å². The van der Waals surface area contributed by atoms with E-state index in [2.05, 4.69) is 5.18 Å². The molecule has 1 aromatic carbocycles. The molecule has 0 heterocycles. The quantitative estimate of drug-likeness (QED) is 0.662. The molecule has 0 saturated carbocycles. The van der Waals surface area contributed by atoms with Crippen LogP contribution < -0.4 is 5.73 Å². The summed E-state index contributed by atoms with van der Waals surface area (Å²) < 4.78 is 0. The molecule has 0 aliphatic carbocycles. The summed E-state index contributed by atoms with van der Waals surface area (Å²) in [5.74, 6) is 0. The molecule has 0 unspecified atom stereocenters. The van der Waals surface area contributed by atoms with Gasteiger partial charge < -0.3 is 5.73 Å². The van der Waals surface area contributed by atoms with Crippen molar-refractivity contribution >= 4 is 0 Å². The van der Waals surface area contributed by atoms with E-state index in [0.29, 0.717) is 6.54 Å². The Morgan fingerprint density at radius 1 is 1.27 bits per heavy atom. The van der Waals surface area contributed by atoms with Crippen molar-refractivity contribution in [2.75, 3.05) is 0 Å². The summed E-state index contributed by atoms with van der Waals surface area (Å²) in [4.78, 5) is 9.95. The second kappa shape index (κ2) is 3.83. The van der Waals surface area contributed by atoms with Crippen LogP contribution in [0.5, 0.6) is 0 Å². The monoisotopic (exact) mass is 150 g/mol. The summed E-state index contributed by atoms with van der Waals surface area (Å²) in [7, 11) is 0. The largest absolute Gasteiger partial charge is 0.326 e. The van der Waals surface area contributed by atoms with Crippen molar-refractivity contribution < 1.29 is 0 Å². The molecule has 0 spiro atoms. The lowest BCUT2D eigenvalue weighted by Crippen LogP contribution is -2.00. The highest BCUT2D eigenvalue weighted by atomic mass is 16.3. The highest BCUT2D eigenvalue weighted by Gasteiger charge is 1.97. The minimum absolute atomic E-state index is 0.216. The number of hydrogen-bond donors (Lipinski definition) is 1. The summed E-state index contributed by atoms with van der Waals surface area (Å²) in [6, 6.07) is 7.54. The average Bonchev–Trinajstić information content (AvgIpc) is 2.06. The van der Waals surface area contributed by atoms with Crippen LogP contribution in [0.1, 0.15) is 11.1 Å². The van der Waals surface area contributed by atoms with E-state index in [1.165, 1.54) is 0 Å². The van der Waals surface area contributed by atoms with Gasteiger partial charge >= 0.3 is 0 Å². The van der Waals surface area contributed by atoms with E-state index in [4.69, 9.17) is 5.73 Å². The van der Waals surface area contributed by atoms with Crippen LogP contribution in [-0.2, 0) is 13.1 Å². The van der Waals surface area contributed by atoms with Crippen LogP contribution in [0.4, 0.5) is 0 Å². The van der Waals surface area contributed by atoms with Gasteiger partial charge in [0.25, 0.3) is 0 Å². The maximum Gasteiger partial charge on any atom is 0.106 e. The van der Waals surface area contributed by atoms with Gasteiger partial charge in [0.1, 0.15) is 6.54 Å². The predicted molar refractivity (Wildman–Crippen MR) is 43.8 cm³/mol. The summed E-state index contributed by atoms with van der Waals surface area (Å²) >= 11 is 0. The first-order chi connectivity index (χ1) is 5.38. The summed E-state index contributed by atoms with van der Waals surface area (Å²) in [5, 5.41) is 2.81. The van der Waals surface area contributed by atoms with Gasteiger partial charge in [-0.15, -0.1) is 0 Å². The van der Waals surface area contributed by atoms with Crippen LogP contribution in [0, 0.1) is 4.91 Å². The summed E-state index contributed by atoms with van der Waals surface area (Å²) in [5.41, 5.74) is 7.35. The normalized spacial score (nSPS) is 9.55. The molecule has 0 fully saturated rings. The van der Waals surface area contributed by atoms with Crippen LogP contribution in [0.2, 0.25) is 0 Å². The third kappa shape index (κ3) is 1.85. The number of benzene rings is 1. The van der Waals surface area contributed by atoms with E-state index in [9.17, 15) is 4.91 Å². The summed E-state index contributed by atoms with van der Waals surface area (Å²) in [6.45, 7) is 0.680. The Labute approximate surface area is 65.2 Å². The van der Waals surface area contributed by atoms with Crippen molar-refractivity contribution in [1.29, 1.82) is 0 Å². The van der Waals surface area contributed by atoms with Crippen molar-refractivity contribution in [1.82, 2.24) is 0 Å². The van der Waals surface area contributed by atoms with Gasteiger partial charge in [0.15, 0.2) is 0 Å². The van der Waals surface area contributed by atoms with Crippen LogP contribution in [-0.4, -0.2) is 0 Å². The lowest BCUT2D eigenvalue weighted by atomic mass is 10.1. The molecule has 1 aromatic rings. The second-order valence-corrected chi connectivity index (χ2v) is 2.26. The molecule has 0 amide bonds. The van der Waals surface area contributed by atoms with Gasteiger partial charge in [0.2, 0.25) is 0 Å². The minimum Gasteiger partial charge on any atom is -0.326 e. The smallest absolute Gasteiger partial charge is 0.106 e. The minimum atomic E-state index is 0.216. The molecule has 0 radical (unpaired) electrons. The SMILES string of the molecule is NCc1ccccc1CN=O. The summed E-state index contributed by atoms with van der Waals surface area (Å²) in [6.07, 6.45) is 0. The fraction of sp³-hybridized carbons (Fsp3) is 0.250. The molecule has 0 aromatic heterocycles. The van der Waals surface area contributed by atoms with Crippen LogP contribution in [0.3, 0.4) is 0 Å². The first-order valence-corrected chi connectivity index (χ1v) is 3.44. The number of nitroso groups, excluding NO2 is 1. The Kier molecular flexibility index (Phi) is 2.74. The first-order valence-electron chi connectivity index (χ1n) is 3.44. The van der Waals surface area contributed by atoms with Crippen molar-refractivity contribution in [3.63, 3.8) is 0 Å². The first kappa shape index (κ1) is 7.88. The van der Waals surface area contributed by atoms with Gasteiger partial charge in [-0.3, -0.25) is 0 Å². The average molecular weight is 150 g/mol. The standard InChI is InChI=1S/C8H10N2O/c9-5-7-3-1-2-4-8(7)6-10-11/h1-4H,5-6,9H2. The topological polar surface area (TPSA) is 55.4 Å². The lowest BCUT2D eigenvalue weighted by Gasteiger charge is -2.01. The molecule has 0 aliphatic rings. The molecular weight excluding hydrogens is 140 g/mol. The molecular formula is C8H10N2O. The predicted octanol–water partition coefficient (Wildman–Crippen LogP) is 1.41. The maximum absolute atomic E-state index is 9.95. The van der Waals surface area contributed by atoms with Gasteiger partial charge in [-0.25, -0.2) is 0 Å². The van der Waals surface area contributed by atoms with E-state index >= 15 is 0 Å². The van der Waals surface area contributed by atoms with Crippen molar-refractivity contribution in [3.8, 4) is 0 Å².